The van der Waals surface area contributed by atoms with Gasteiger partial charge in [0.25, 0.3) is 0 Å². The van der Waals surface area contributed by atoms with Gasteiger partial charge in [-0.15, -0.1) is 40.6 Å². The third kappa shape index (κ3) is 6.57. The van der Waals surface area contributed by atoms with E-state index in [0.29, 0.717) is 5.92 Å². The number of benzene rings is 1. The van der Waals surface area contributed by atoms with Crippen LogP contribution in [0.15, 0.2) is 36.4 Å². The summed E-state index contributed by atoms with van der Waals surface area (Å²) in [6, 6.07) is 13.1. The molecule has 134 valence electrons. The maximum absolute atomic E-state index is 2.45. The Hall–Kier alpha value is 0.523. The SMILES string of the molecule is CC(C)c1cc2ccccc2[cH-]1.Cc1c(C)c(C)[c-](C)c1C.[I][Zr+2][I]. The molecule has 3 aromatic rings. The predicted molar refractivity (Wildman–Crippen MR) is 127 cm³/mol. The molecule has 0 aliphatic carbocycles. The summed E-state index contributed by atoms with van der Waals surface area (Å²) in [6.45, 7) is 15.5. The average Bonchev–Trinajstić information content (AvgIpc) is 3.10. The quantitative estimate of drug-likeness (QED) is 0.186. The Bertz CT molecular complexity index is 681. The molecule has 3 heteroatoms. The van der Waals surface area contributed by atoms with Gasteiger partial charge in [0.05, 0.1) is 0 Å². The van der Waals surface area contributed by atoms with Crippen LogP contribution in [-0.4, -0.2) is 0 Å². The van der Waals surface area contributed by atoms with Crippen LogP contribution in [0.3, 0.4) is 0 Å². The molecule has 0 bridgehead atoms. The van der Waals surface area contributed by atoms with E-state index in [9.17, 15) is 0 Å². The van der Waals surface area contributed by atoms with E-state index in [2.05, 4.69) is 121 Å². The Kier molecular flexibility index (Phi) is 10.7. The third-order valence-electron chi connectivity index (χ3n) is 5.12. The zero-order valence-corrected chi connectivity index (χ0v) is 23.1. The van der Waals surface area contributed by atoms with Gasteiger partial charge in [-0.1, -0.05) is 54.5 Å². The fourth-order valence-corrected chi connectivity index (χ4v) is 2.91. The van der Waals surface area contributed by atoms with Crippen molar-refractivity contribution in [3.8, 4) is 0 Å². The standard InChI is InChI=1S/C12H13.C10H15.2HI.Zr/c1-9(2)12-7-10-5-3-4-6-11(10)8-12;1-6-7(2)9(4)10(5)8(6)3;;;/h3-9H,1-2H3;1-5H3;2*1H;/q2*-1;;;+4/p-2. The summed E-state index contributed by atoms with van der Waals surface area (Å²) < 4.78 is 0. The topological polar surface area (TPSA) is 0 Å². The molecule has 0 N–H and O–H groups in total. The molecule has 0 heterocycles. The maximum atomic E-state index is 2.45. The van der Waals surface area contributed by atoms with Crippen LogP contribution in [0.1, 0.15) is 53.1 Å². The number of hydrogen-bond donors (Lipinski definition) is 0. The van der Waals surface area contributed by atoms with Crippen LogP contribution in [0.5, 0.6) is 0 Å². The average molecular weight is 637 g/mol. The summed E-state index contributed by atoms with van der Waals surface area (Å²) in [7, 11) is 0. The van der Waals surface area contributed by atoms with Gasteiger partial charge < -0.3 is 0 Å². The number of halogens is 2. The van der Waals surface area contributed by atoms with Gasteiger partial charge in [-0.05, 0) is 5.92 Å². The third-order valence-corrected chi connectivity index (χ3v) is 5.12. The monoisotopic (exact) mass is 636 g/mol. The van der Waals surface area contributed by atoms with Crippen LogP contribution >= 0.6 is 36.1 Å². The van der Waals surface area contributed by atoms with Gasteiger partial charge in [0.1, 0.15) is 0 Å². The van der Waals surface area contributed by atoms with Gasteiger partial charge in [0.2, 0.25) is 0 Å². The van der Waals surface area contributed by atoms with Gasteiger partial charge in [0, 0.05) is 0 Å². The Labute approximate surface area is 183 Å². The predicted octanol–water partition coefficient (Wildman–Crippen LogP) is 8.40. The summed E-state index contributed by atoms with van der Waals surface area (Å²) in [4.78, 5) is 0. The van der Waals surface area contributed by atoms with Gasteiger partial charge in [0.15, 0.2) is 0 Å². The first-order valence-corrected chi connectivity index (χ1v) is 23.2. The van der Waals surface area contributed by atoms with E-state index in [-0.39, 0.29) is 14.9 Å². The Morgan fingerprint density at radius 3 is 1.80 bits per heavy atom. The fourth-order valence-electron chi connectivity index (χ4n) is 2.91. The summed E-state index contributed by atoms with van der Waals surface area (Å²) in [6.07, 6.45) is 0. The summed E-state index contributed by atoms with van der Waals surface area (Å²) in [5.41, 5.74) is 8.78. The van der Waals surface area contributed by atoms with E-state index in [1.807, 2.05) is 0 Å². The molecule has 0 aliphatic heterocycles. The van der Waals surface area contributed by atoms with E-state index in [1.54, 1.807) is 0 Å². The first-order chi connectivity index (χ1) is 11.7. The van der Waals surface area contributed by atoms with E-state index < -0.39 is 0 Å². The summed E-state index contributed by atoms with van der Waals surface area (Å²) >= 11 is 5.06. The number of hydrogen-bond acceptors (Lipinski definition) is 0. The second-order valence-electron chi connectivity index (χ2n) is 6.77. The number of fused-ring (bicyclic) bond motifs is 1. The van der Waals surface area contributed by atoms with Gasteiger partial charge in [-0.25, -0.2) is 0 Å². The molecule has 0 radical (unpaired) electrons. The molecular formula is C22H28I2Zr. The molecule has 0 fully saturated rings. The zero-order valence-electron chi connectivity index (χ0n) is 16.3. The van der Waals surface area contributed by atoms with E-state index in [0.717, 1.165) is 0 Å². The molecule has 0 nitrogen and oxygen atoms in total. The van der Waals surface area contributed by atoms with Crippen LogP contribution in [-0.2, 0) is 14.9 Å². The van der Waals surface area contributed by atoms with Gasteiger partial charge in [-0.3, -0.25) is 0 Å². The molecule has 0 saturated carbocycles. The van der Waals surface area contributed by atoms with Crippen molar-refractivity contribution >= 4 is 46.9 Å². The molecule has 0 unspecified atom stereocenters. The summed E-state index contributed by atoms with van der Waals surface area (Å²) in [5, 5.41) is 2.72. The second-order valence-corrected chi connectivity index (χ2v) is 25.7. The Balaban J connectivity index is 0.000000220. The zero-order chi connectivity index (χ0) is 19.1. The van der Waals surface area contributed by atoms with Crippen molar-refractivity contribution < 1.29 is 14.9 Å². The van der Waals surface area contributed by atoms with Crippen molar-refractivity contribution in [3.63, 3.8) is 0 Å². The van der Waals surface area contributed by atoms with Crippen LogP contribution in [0.4, 0.5) is 0 Å². The number of rotatable bonds is 1. The minimum atomic E-state index is 0.170. The molecule has 0 atom stereocenters. The normalized spacial score (nSPS) is 10.0. The molecule has 3 aromatic carbocycles. The molecule has 3 rings (SSSR count). The molecular weight excluding hydrogens is 609 g/mol. The first kappa shape index (κ1) is 23.6. The Morgan fingerprint density at radius 1 is 0.960 bits per heavy atom. The second kappa shape index (κ2) is 11.4. The van der Waals surface area contributed by atoms with Crippen LogP contribution < -0.4 is 0 Å². The van der Waals surface area contributed by atoms with E-state index in [4.69, 9.17) is 0 Å². The van der Waals surface area contributed by atoms with Crippen LogP contribution in [0.2, 0.25) is 0 Å². The van der Waals surface area contributed by atoms with Crippen molar-refractivity contribution in [2.75, 3.05) is 0 Å². The molecule has 0 saturated heterocycles. The van der Waals surface area contributed by atoms with E-state index in [1.165, 1.54) is 44.2 Å². The molecule has 25 heavy (non-hydrogen) atoms. The van der Waals surface area contributed by atoms with Gasteiger partial charge >= 0.3 is 50.9 Å². The molecule has 0 aliphatic rings. The van der Waals surface area contributed by atoms with Crippen molar-refractivity contribution in [2.24, 2.45) is 0 Å². The minimum absolute atomic E-state index is 0.170. The first-order valence-electron chi connectivity index (χ1n) is 8.55. The molecule has 0 spiro atoms. The Morgan fingerprint density at radius 2 is 1.44 bits per heavy atom. The van der Waals surface area contributed by atoms with Crippen LogP contribution in [0.25, 0.3) is 10.8 Å². The molecule has 0 aromatic heterocycles. The summed E-state index contributed by atoms with van der Waals surface area (Å²) in [5.74, 6) is 0.636. The fraction of sp³-hybridized carbons (Fsp3) is 0.364. The van der Waals surface area contributed by atoms with Crippen molar-refractivity contribution in [2.45, 2.75) is 54.4 Å². The molecule has 0 amide bonds. The van der Waals surface area contributed by atoms with Crippen molar-refractivity contribution in [1.82, 2.24) is 0 Å². The van der Waals surface area contributed by atoms with Crippen LogP contribution in [0, 0.1) is 34.6 Å². The van der Waals surface area contributed by atoms with Gasteiger partial charge in [-0.2, -0.15) is 33.9 Å². The van der Waals surface area contributed by atoms with E-state index >= 15 is 0 Å². The van der Waals surface area contributed by atoms with Crippen molar-refractivity contribution in [3.05, 3.63) is 69.8 Å². The van der Waals surface area contributed by atoms with Crippen molar-refractivity contribution in [1.29, 1.82) is 0 Å².